The van der Waals surface area contributed by atoms with E-state index in [-0.39, 0.29) is 21.2 Å². The van der Waals surface area contributed by atoms with E-state index in [4.69, 9.17) is 11.6 Å². The van der Waals surface area contributed by atoms with Crippen LogP contribution < -0.4 is 15.4 Å². The third-order valence-corrected chi connectivity index (χ3v) is 6.49. The van der Waals surface area contributed by atoms with E-state index in [1.54, 1.807) is 0 Å². The Labute approximate surface area is 196 Å². The minimum absolute atomic E-state index is 0.00147. The number of anilines is 1. The van der Waals surface area contributed by atoms with Gasteiger partial charge in [-0.1, -0.05) is 41.9 Å². The Balaban J connectivity index is 1.69. The Bertz CT molecular complexity index is 1250. The zero-order chi connectivity index (χ0) is 24.0. The number of halogens is 2. The fraction of sp³-hybridized carbons (Fsp3) is 0.130. The lowest BCUT2D eigenvalue weighted by Gasteiger charge is -2.15. The predicted molar refractivity (Wildman–Crippen MR) is 124 cm³/mol. The Morgan fingerprint density at radius 3 is 2.33 bits per heavy atom. The highest BCUT2D eigenvalue weighted by Gasteiger charge is 2.22. The van der Waals surface area contributed by atoms with E-state index >= 15 is 0 Å². The molecule has 0 aliphatic heterocycles. The summed E-state index contributed by atoms with van der Waals surface area (Å²) in [4.78, 5) is 24.6. The van der Waals surface area contributed by atoms with Crippen LogP contribution in [0.5, 0.6) is 0 Å². The van der Waals surface area contributed by atoms with Crippen molar-refractivity contribution in [2.45, 2.75) is 24.4 Å². The molecule has 0 aliphatic rings. The number of carbonyl (C=O) groups is 2. The number of nitrogens with one attached hydrogen (secondary N) is 3. The van der Waals surface area contributed by atoms with Gasteiger partial charge in [0.15, 0.2) is 0 Å². The van der Waals surface area contributed by atoms with Crippen LogP contribution in [0.4, 0.5) is 10.1 Å². The van der Waals surface area contributed by atoms with Crippen LogP contribution in [0, 0.1) is 5.82 Å². The summed E-state index contributed by atoms with van der Waals surface area (Å²) in [6, 6.07) is 16.9. The van der Waals surface area contributed by atoms with Gasteiger partial charge in [-0.05, 0) is 55.0 Å². The molecule has 0 saturated carbocycles. The van der Waals surface area contributed by atoms with Crippen LogP contribution in [0.3, 0.4) is 0 Å². The van der Waals surface area contributed by atoms with Crippen LogP contribution in [0.15, 0.2) is 77.7 Å². The number of hydrogen-bond acceptors (Lipinski definition) is 4. The molecule has 3 N–H and O–H groups in total. The molecule has 7 nitrogen and oxygen atoms in total. The van der Waals surface area contributed by atoms with Gasteiger partial charge in [0.25, 0.3) is 15.9 Å². The second-order valence-corrected chi connectivity index (χ2v) is 9.21. The molecule has 172 valence electrons. The van der Waals surface area contributed by atoms with Gasteiger partial charge in [-0.25, -0.2) is 12.8 Å². The van der Waals surface area contributed by atoms with Crippen LogP contribution in [-0.4, -0.2) is 26.3 Å². The zero-order valence-electron chi connectivity index (χ0n) is 17.5. The number of benzene rings is 3. The lowest BCUT2D eigenvalue weighted by Crippen LogP contribution is -2.44. The molecule has 3 aromatic carbocycles. The van der Waals surface area contributed by atoms with Gasteiger partial charge < -0.3 is 10.6 Å². The maximum absolute atomic E-state index is 13.1. The minimum atomic E-state index is -4.16. The molecule has 0 heterocycles. The summed E-state index contributed by atoms with van der Waals surface area (Å²) in [6.07, 6.45) is 0. The van der Waals surface area contributed by atoms with E-state index in [1.165, 1.54) is 31.2 Å². The molecule has 0 radical (unpaired) electrons. The van der Waals surface area contributed by atoms with Gasteiger partial charge in [-0.2, -0.15) is 0 Å². The Kier molecular flexibility index (Phi) is 7.67. The monoisotopic (exact) mass is 489 g/mol. The number of carbonyl (C=O) groups excluding carboxylic acids is 2. The first-order chi connectivity index (χ1) is 15.7. The molecule has 0 bridgehead atoms. The van der Waals surface area contributed by atoms with E-state index in [9.17, 15) is 22.4 Å². The summed E-state index contributed by atoms with van der Waals surface area (Å²) in [5.41, 5.74) is 1.04. The van der Waals surface area contributed by atoms with E-state index in [0.29, 0.717) is 6.54 Å². The molecule has 0 fully saturated rings. The predicted octanol–water partition coefficient (Wildman–Crippen LogP) is 3.71. The summed E-state index contributed by atoms with van der Waals surface area (Å²) < 4.78 is 40.9. The summed E-state index contributed by atoms with van der Waals surface area (Å²) in [7, 11) is -4.16. The van der Waals surface area contributed by atoms with Crippen LogP contribution in [0.2, 0.25) is 5.02 Å². The van der Waals surface area contributed by atoms with Crippen molar-refractivity contribution in [2.75, 3.05) is 4.72 Å². The SMILES string of the molecule is CC(NC(=O)c1ccc(Cl)c(S(=O)(=O)Nc2ccc(F)cc2)c1)C(=O)NCc1ccccc1. The second kappa shape index (κ2) is 10.5. The maximum atomic E-state index is 13.1. The molecular formula is C23H21ClFN3O4S. The molecule has 0 aliphatic carbocycles. The van der Waals surface area contributed by atoms with E-state index in [1.807, 2.05) is 30.3 Å². The zero-order valence-corrected chi connectivity index (χ0v) is 19.1. The summed E-state index contributed by atoms with van der Waals surface area (Å²) in [6.45, 7) is 1.82. The molecule has 1 atom stereocenters. The Morgan fingerprint density at radius 2 is 1.67 bits per heavy atom. The molecule has 0 aromatic heterocycles. The van der Waals surface area contributed by atoms with Gasteiger partial charge in [0.2, 0.25) is 5.91 Å². The average molecular weight is 490 g/mol. The molecule has 10 heteroatoms. The van der Waals surface area contributed by atoms with Gasteiger partial charge in [-0.15, -0.1) is 0 Å². The molecule has 3 rings (SSSR count). The highest BCUT2D eigenvalue weighted by Crippen LogP contribution is 2.25. The quantitative estimate of drug-likeness (QED) is 0.448. The van der Waals surface area contributed by atoms with Gasteiger partial charge in [0, 0.05) is 17.8 Å². The highest BCUT2D eigenvalue weighted by atomic mass is 35.5. The number of rotatable bonds is 8. The minimum Gasteiger partial charge on any atom is -0.350 e. The Hall–Kier alpha value is -3.43. The van der Waals surface area contributed by atoms with Crippen molar-refractivity contribution in [1.29, 1.82) is 0 Å². The number of amides is 2. The van der Waals surface area contributed by atoms with Gasteiger partial charge in [-0.3, -0.25) is 14.3 Å². The topological polar surface area (TPSA) is 104 Å². The molecule has 33 heavy (non-hydrogen) atoms. The summed E-state index contributed by atoms with van der Waals surface area (Å²) >= 11 is 6.06. The van der Waals surface area contributed by atoms with Crippen LogP contribution in [0.25, 0.3) is 0 Å². The lowest BCUT2D eigenvalue weighted by molar-refractivity contribution is -0.122. The Morgan fingerprint density at radius 1 is 1.00 bits per heavy atom. The van der Waals surface area contributed by atoms with Crippen molar-refractivity contribution in [3.63, 3.8) is 0 Å². The highest BCUT2D eigenvalue weighted by molar-refractivity contribution is 7.92. The standard InChI is InChI=1S/C23H21ClFN3O4S/c1-15(22(29)26-14-16-5-3-2-4-6-16)27-23(30)17-7-12-20(24)21(13-17)33(31,32)28-19-10-8-18(25)9-11-19/h2-13,15,28H,14H2,1H3,(H,26,29)(H,27,30). The van der Waals surface area contributed by atoms with Crippen LogP contribution in [-0.2, 0) is 21.4 Å². The molecule has 3 aromatic rings. The largest absolute Gasteiger partial charge is 0.350 e. The number of hydrogen-bond donors (Lipinski definition) is 3. The van der Waals surface area contributed by atoms with Crippen molar-refractivity contribution < 1.29 is 22.4 Å². The molecule has 2 amide bonds. The molecule has 1 unspecified atom stereocenters. The van der Waals surface area contributed by atoms with E-state index in [0.717, 1.165) is 23.8 Å². The van der Waals surface area contributed by atoms with Crippen molar-refractivity contribution in [1.82, 2.24) is 10.6 Å². The third-order valence-electron chi connectivity index (χ3n) is 4.63. The van der Waals surface area contributed by atoms with Crippen molar-refractivity contribution in [3.8, 4) is 0 Å². The fourth-order valence-electron chi connectivity index (χ4n) is 2.86. The van der Waals surface area contributed by atoms with Gasteiger partial charge >= 0.3 is 0 Å². The smallest absolute Gasteiger partial charge is 0.263 e. The number of sulfonamides is 1. The third kappa shape index (κ3) is 6.53. The van der Waals surface area contributed by atoms with Crippen molar-refractivity contribution >= 4 is 39.1 Å². The van der Waals surface area contributed by atoms with Crippen molar-refractivity contribution in [3.05, 3.63) is 94.8 Å². The molecule has 0 saturated heterocycles. The van der Waals surface area contributed by atoms with E-state index < -0.39 is 33.7 Å². The fourth-order valence-corrected chi connectivity index (χ4v) is 4.45. The first kappa shape index (κ1) is 24.2. The lowest BCUT2D eigenvalue weighted by atomic mass is 10.2. The van der Waals surface area contributed by atoms with Crippen LogP contribution in [0.1, 0.15) is 22.8 Å². The van der Waals surface area contributed by atoms with Crippen molar-refractivity contribution in [2.24, 2.45) is 0 Å². The molecule has 0 spiro atoms. The summed E-state index contributed by atoms with van der Waals surface area (Å²) in [5.74, 6) is -1.56. The van der Waals surface area contributed by atoms with Crippen LogP contribution >= 0.6 is 11.6 Å². The normalized spacial score (nSPS) is 12.0. The van der Waals surface area contributed by atoms with Gasteiger partial charge in [0.05, 0.1) is 5.02 Å². The molecular weight excluding hydrogens is 469 g/mol. The average Bonchev–Trinajstić information content (AvgIpc) is 2.79. The second-order valence-electron chi connectivity index (χ2n) is 7.16. The summed E-state index contributed by atoms with van der Waals surface area (Å²) in [5, 5.41) is 5.16. The van der Waals surface area contributed by atoms with Gasteiger partial charge in [0.1, 0.15) is 16.8 Å². The first-order valence-electron chi connectivity index (χ1n) is 9.86. The van der Waals surface area contributed by atoms with E-state index in [2.05, 4.69) is 15.4 Å². The first-order valence-corrected chi connectivity index (χ1v) is 11.7. The maximum Gasteiger partial charge on any atom is 0.263 e.